The molecule has 0 aromatic rings. The number of allylic oxidation sites excluding steroid dienone is 2. The Balaban J connectivity index is 1.54. The first kappa shape index (κ1) is 25.0. The van der Waals surface area contributed by atoms with Gasteiger partial charge in [-0.2, -0.15) is 0 Å². The van der Waals surface area contributed by atoms with E-state index in [9.17, 15) is 9.90 Å². The fourth-order valence-electron chi connectivity index (χ4n) is 8.82. The lowest BCUT2D eigenvalue weighted by molar-refractivity contribution is -0.150. The minimum absolute atomic E-state index is 0.0339. The standard InChI is InChI=1S/C30H48O3/c1-19(2)20(3)7-8-21(4)26-11-12-27-25-10-9-23-17-24(32)13-16-30(23,18-33-22(5)31)28(25)14-15-29(26,27)6/h9,19,21,24-28,32H,3,7-8,10-18H2,1-2,4-6H3/t21-,24+,25+,26-,27+,28+,29-,30-/m1/s1. The molecule has 1 N–H and O–H groups in total. The molecule has 0 amide bonds. The largest absolute Gasteiger partial charge is 0.465 e. The normalized spacial score (nSPS) is 40.9. The van der Waals surface area contributed by atoms with E-state index >= 15 is 0 Å². The fraction of sp³-hybridized carbons (Fsp3) is 0.833. The summed E-state index contributed by atoms with van der Waals surface area (Å²) in [5, 5.41) is 10.4. The molecule has 8 atom stereocenters. The first-order chi connectivity index (χ1) is 15.6. The van der Waals surface area contributed by atoms with Crippen molar-refractivity contribution in [3.63, 3.8) is 0 Å². The maximum atomic E-state index is 11.8. The number of rotatable bonds is 7. The molecule has 0 saturated heterocycles. The number of aliphatic hydroxyl groups excluding tert-OH is 1. The van der Waals surface area contributed by atoms with E-state index < -0.39 is 0 Å². The van der Waals surface area contributed by atoms with Crippen molar-refractivity contribution in [3.8, 4) is 0 Å². The Hall–Kier alpha value is -1.09. The molecule has 4 aliphatic rings. The topological polar surface area (TPSA) is 46.5 Å². The van der Waals surface area contributed by atoms with E-state index in [0.717, 1.165) is 43.4 Å². The summed E-state index contributed by atoms with van der Waals surface area (Å²) >= 11 is 0. The van der Waals surface area contributed by atoms with Crippen LogP contribution < -0.4 is 0 Å². The molecule has 0 aromatic carbocycles. The summed E-state index contributed by atoms with van der Waals surface area (Å²) < 4.78 is 5.73. The highest BCUT2D eigenvalue weighted by Gasteiger charge is 2.60. The molecule has 33 heavy (non-hydrogen) atoms. The van der Waals surface area contributed by atoms with Gasteiger partial charge in [0.2, 0.25) is 0 Å². The highest BCUT2D eigenvalue weighted by molar-refractivity contribution is 5.66. The van der Waals surface area contributed by atoms with E-state index in [1.807, 2.05) is 0 Å². The van der Waals surface area contributed by atoms with Crippen LogP contribution in [0.4, 0.5) is 0 Å². The lowest BCUT2D eigenvalue weighted by Gasteiger charge is -2.59. The van der Waals surface area contributed by atoms with E-state index in [2.05, 4.69) is 40.3 Å². The monoisotopic (exact) mass is 456 g/mol. The van der Waals surface area contributed by atoms with Gasteiger partial charge in [-0.25, -0.2) is 0 Å². The number of aliphatic hydroxyl groups is 1. The van der Waals surface area contributed by atoms with Crippen LogP contribution in [0, 0.1) is 46.3 Å². The van der Waals surface area contributed by atoms with Crippen molar-refractivity contribution < 1.29 is 14.6 Å². The van der Waals surface area contributed by atoms with Crippen LogP contribution in [0.15, 0.2) is 23.8 Å². The van der Waals surface area contributed by atoms with Gasteiger partial charge in [-0.1, -0.05) is 51.5 Å². The van der Waals surface area contributed by atoms with Gasteiger partial charge < -0.3 is 9.84 Å². The second kappa shape index (κ2) is 9.51. The highest BCUT2D eigenvalue weighted by Crippen LogP contribution is 2.67. The quantitative estimate of drug-likeness (QED) is 0.328. The second-order valence-corrected chi connectivity index (χ2v) is 12.7. The van der Waals surface area contributed by atoms with Crippen molar-refractivity contribution in [2.24, 2.45) is 46.3 Å². The molecule has 0 spiro atoms. The second-order valence-electron chi connectivity index (χ2n) is 12.7. The first-order valence-electron chi connectivity index (χ1n) is 13.8. The van der Waals surface area contributed by atoms with E-state index in [1.54, 1.807) is 0 Å². The van der Waals surface area contributed by atoms with Gasteiger partial charge in [-0.05, 0) is 105 Å². The zero-order valence-corrected chi connectivity index (χ0v) is 21.9. The average molecular weight is 457 g/mol. The van der Waals surface area contributed by atoms with Gasteiger partial charge in [0.05, 0.1) is 6.10 Å². The summed E-state index contributed by atoms with van der Waals surface area (Å²) in [4.78, 5) is 11.8. The van der Waals surface area contributed by atoms with E-state index in [-0.39, 0.29) is 17.5 Å². The van der Waals surface area contributed by atoms with Crippen LogP contribution >= 0.6 is 0 Å². The summed E-state index contributed by atoms with van der Waals surface area (Å²) in [6, 6.07) is 0. The molecule has 3 nitrogen and oxygen atoms in total. The van der Waals surface area contributed by atoms with Gasteiger partial charge in [0.25, 0.3) is 0 Å². The molecule has 3 saturated carbocycles. The van der Waals surface area contributed by atoms with Crippen LogP contribution in [0.2, 0.25) is 0 Å². The molecule has 3 heteroatoms. The smallest absolute Gasteiger partial charge is 0.302 e. The van der Waals surface area contributed by atoms with Crippen molar-refractivity contribution in [2.45, 2.75) is 105 Å². The zero-order valence-electron chi connectivity index (χ0n) is 21.9. The van der Waals surface area contributed by atoms with Crippen molar-refractivity contribution in [1.82, 2.24) is 0 Å². The summed E-state index contributed by atoms with van der Waals surface area (Å²) in [6.07, 6.45) is 13.7. The molecule has 186 valence electrons. The minimum atomic E-state index is -0.232. The minimum Gasteiger partial charge on any atom is -0.465 e. The third-order valence-corrected chi connectivity index (χ3v) is 10.8. The van der Waals surface area contributed by atoms with Crippen LogP contribution in [0.3, 0.4) is 0 Å². The molecule has 4 rings (SSSR count). The number of hydrogen-bond donors (Lipinski definition) is 1. The van der Waals surface area contributed by atoms with Crippen molar-refractivity contribution in [3.05, 3.63) is 23.8 Å². The molecule has 3 fully saturated rings. The summed E-state index contributed by atoms with van der Waals surface area (Å²) in [7, 11) is 0. The van der Waals surface area contributed by atoms with Crippen molar-refractivity contribution in [2.75, 3.05) is 6.61 Å². The Labute approximate surface area is 202 Å². The van der Waals surface area contributed by atoms with Gasteiger partial charge >= 0.3 is 5.97 Å². The van der Waals surface area contributed by atoms with Crippen molar-refractivity contribution >= 4 is 5.97 Å². The van der Waals surface area contributed by atoms with Gasteiger partial charge in [0.15, 0.2) is 0 Å². The molecule has 0 heterocycles. The summed E-state index contributed by atoms with van der Waals surface area (Å²) in [5.74, 6) is 4.04. The van der Waals surface area contributed by atoms with Crippen LogP contribution in [-0.2, 0) is 9.53 Å². The molecular weight excluding hydrogens is 408 g/mol. The predicted octanol–water partition coefficient (Wildman–Crippen LogP) is 7.10. The number of ether oxygens (including phenoxy) is 1. The Morgan fingerprint density at radius 2 is 1.94 bits per heavy atom. The van der Waals surface area contributed by atoms with Gasteiger partial charge in [-0.3, -0.25) is 4.79 Å². The maximum Gasteiger partial charge on any atom is 0.302 e. The maximum absolute atomic E-state index is 11.8. The van der Waals surface area contributed by atoms with Crippen molar-refractivity contribution in [1.29, 1.82) is 0 Å². The summed E-state index contributed by atoms with van der Waals surface area (Å²) in [6.45, 7) is 16.0. The third-order valence-electron chi connectivity index (χ3n) is 10.8. The molecule has 0 bridgehead atoms. The van der Waals surface area contributed by atoms with Crippen LogP contribution in [0.5, 0.6) is 0 Å². The Bertz CT molecular complexity index is 781. The SMILES string of the molecule is C=C(CC[C@@H](C)[C@H]1CC[C@H]2[C@@H]3CC=C4C[C@@H](O)CC[C@]4(COC(C)=O)[C@H]3CC[C@]12C)C(C)C. The van der Waals surface area contributed by atoms with Crippen LogP contribution in [-0.4, -0.2) is 23.8 Å². The Morgan fingerprint density at radius 1 is 1.18 bits per heavy atom. The van der Waals surface area contributed by atoms with Crippen LogP contribution in [0.25, 0.3) is 0 Å². The van der Waals surface area contributed by atoms with E-state index in [1.165, 1.54) is 56.6 Å². The van der Waals surface area contributed by atoms with E-state index in [4.69, 9.17) is 4.74 Å². The third kappa shape index (κ3) is 4.48. The Morgan fingerprint density at radius 3 is 2.64 bits per heavy atom. The number of carbonyl (C=O) groups excluding carboxylic acids is 1. The highest BCUT2D eigenvalue weighted by atomic mass is 16.5. The first-order valence-corrected chi connectivity index (χ1v) is 13.8. The molecule has 0 radical (unpaired) electrons. The summed E-state index contributed by atoms with van der Waals surface area (Å²) in [5.41, 5.74) is 3.19. The van der Waals surface area contributed by atoms with Gasteiger partial charge in [0, 0.05) is 12.3 Å². The molecule has 4 aliphatic carbocycles. The van der Waals surface area contributed by atoms with Crippen LogP contribution in [0.1, 0.15) is 98.8 Å². The van der Waals surface area contributed by atoms with E-state index in [0.29, 0.717) is 29.8 Å². The zero-order chi connectivity index (χ0) is 24.0. The number of esters is 1. The predicted molar refractivity (Wildman–Crippen MR) is 135 cm³/mol. The molecular formula is C30H48O3. The molecule has 0 unspecified atom stereocenters. The Kier molecular flexibility index (Phi) is 7.21. The number of hydrogen-bond acceptors (Lipinski definition) is 3. The molecule has 0 aliphatic heterocycles. The lowest BCUT2D eigenvalue weighted by atomic mass is 9.46. The average Bonchev–Trinajstić information content (AvgIpc) is 3.13. The van der Waals surface area contributed by atoms with Gasteiger partial charge in [0.1, 0.15) is 6.61 Å². The number of fused-ring (bicyclic) bond motifs is 5. The fourth-order valence-corrected chi connectivity index (χ4v) is 8.82. The number of carbonyl (C=O) groups is 1. The van der Waals surface area contributed by atoms with Gasteiger partial charge in [-0.15, -0.1) is 0 Å². The molecule has 0 aromatic heterocycles. The lowest BCUT2D eigenvalue weighted by Crippen LogP contribution is -2.53.